The van der Waals surface area contributed by atoms with Crippen LogP contribution in [0.1, 0.15) is 37.2 Å². The molecule has 0 atom stereocenters. The predicted octanol–water partition coefficient (Wildman–Crippen LogP) is 3.86. The first kappa shape index (κ1) is 18.0. The molecule has 1 aromatic heterocycles. The van der Waals surface area contributed by atoms with Gasteiger partial charge in [-0.05, 0) is 37.1 Å². The Hall–Kier alpha value is -2.76. The number of hydrogen-bond acceptors (Lipinski definition) is 5. The zero-order valence-corrected chi connectivity index (χ0v) is 15.3. The molecular weight excluding hydrogens is 330 g/mol. The Morgan fingerprint density at radius 2 is 1.73 bits per heavy atom. The maximum Gasteiger partial charge on any atom is 0.272 e. The van der Waals surface area contributed by atoms with Crippen molar-refractivity contribution in [2.75, 3.05) is 31.6 Å². The van der Waals surface area contributed by atoms with E-state index in [4.69, 9.17) is 9.47 Å². The quantitative estimate of drug-likeness (QED) is 0.817. The van der Waals surface area contributed by atoms with E-state index in [0.29, 0.717) is 18.9 Å². The van der Waals surface area contributed by atoms with Gasteiger partial charge in [-0.15, -0.1) is 0 Å². The third kappa shape index (κ3) is 4.25. The molecule has 0 saturated heterocycles. The molecule has 138 valence electrons. The summed E-state index contributed by atoms with van der Waals surface area (Å²) in [6.07, 6.45) is 3.52. The van der Waals surface area contributed by atoms with Gasteiger partial charge in [0.1, 0.15) is 18.9 Å². The van der Waals surface area contributed by atoms with Gasteiger partial charge in [-0.1, -0.05) is 13.8 Å². The fourth-order valence-corrected chi connectivity index (χ4v) is 2.93. The number of ether oxygens (including phenoxy) is 2. The van der Waals surface area contributed by atoms with Crippen LogP contribution in [0.25, 0.3) is 0 Å². The molecule has 0 spiro atoms. The number of rotatable bonds is 7. The summed E-state index contributed by atoms with van der Waals surface area (Å²) in [6, 6.07) is 9.34. The van der Waals surface area contributed by atoms with Crippen LogP contribution in [0.15, 0.2) is 36.5 Å². The number of aromatic nitrogens is 1. The van der Waals surface area contributed by atoms with Crippen LogP contribution in [-0.4, -0.2) is 42.1 Å². The zero-order chi connectivity index (χ0) is 18.4. The lowest BCUT2D eigenvalue weighted by atomic mass is 10.2. The zero-order valence-electron chi connectivity index (χ0n) is 15.3. The highest BCUT2D eigenvalue weighted by Crippen LogP contribution is 2.33. The normalized spacial score (nSPS) is 12.5. The van der Waals surface area contributed by atoms with Crippen molar-refractivity contribution in [1.29, 1.82) is 0 Å². The minimum atomic E-state index is -0.0282. The minimum Gasteiger partial charge on any atom is -0.486 e. The van der Waals surface area contributed by atoms with Crippen molar-refractivity contribution >= 4 is 17.3 Å². The Morgan fingerprint density at radius 1 is 1.04 bits per heavy atom. The van der Waals surface area contributed by atoms with Crippen LogP contribution in [-0.2, 0) is 0 Å². The van der Waals surface area contributed by atoms with Gasteiger partial charge in [0.15, 0.2) is 11.5 Å². The van der Waals surface area contributed by atoms with E-state index >= 15 is 0 Å². The van der Waals surface area contributed by atoms with Gasteiger partial charge in [0, 0.05) is 36.7 Å². The van der Waals surface area contributed by atoms with Crippen LogP contribution < -0.4 is 14.8 Å². The molecule has 6 heteroatoms. The molecule has 2 heterocycles. The summed E-state index contributed by atoms with van der Waals surface area (Å²) in [6.45, 7) is 6.76. The average Bonchev–Trinajstić information content (AvgIpc) is 2.67. The Balaban J connectivity index is 1.75. The topological polar surface area (TPSA) is 63.7 Å². The lowest BCUT2D eigenvalue weighted by Crippen LogP contribution is -2.33. The first-order chi connectivity index (χ1) is 12.7. The highest BCUT2D eigenvalue weighted by Gasteiger charge is 2.16. The third-order valence-electron chi connectivity index (χ3n) is 4.08. The van der Waals surface area contributed by atoms with Gasteiger partial charge in [0.05, 0.1) is 0 Å². The number of carbonyl (C=O) groups excluding carboxylic acids is 1. The summed E-state index contributed by atoms with van der Waals surface area (Å²) in [5.41, 5.74) is 2.14. The number of hydrogen-bond donors (Lipinski definition) is 1. The number of anilines is 2. The van der Waals surface area contributed by atoms with Gasteiger partial charge >= 0.3 is 0 Å². The van der Waals surface area contributed by atoms with Crippen molar-refractivity contribution in [2.24, 2.45) is 0 Å². The molecule has 3 rings (SSSR count). The predicted molar refractivity (Wildman–Crippen MR) is 101 cm³/mol. The molecule has 0 aliphatic carbocycles. The summed E-state index contributed by atoms with van der Waals surface area (Å²) in [5, 5.41) is 3.31. The smallest absolute Gasteiger partial charge is 0.272 e. The largest absolute Gasteiger partial charge is 0.486 e. The van der Waals surface area contributed by atoms with Crippen LogP contribution >= 0.6 is 0 Å². The van der Waals surface area contributed by atoms with E-state index in [2.05, 4.69) is 24.1 Å². The Bertz CT molecular complexity index is 758. The van der Waals surface area contributed by atoms with Gasteiger partial charge in [-0.3, -0.25) is 9.78 Å². The molecule has 2 aromatic rings. The summed E-state index contributed by atoms with van der Waals surface area (Å²) in [4.78, 5) is 18.8. The summed E-state index contributed by atoms with van der Waals surface area (Å²) in [7, 11) is 0. The summed E-state index contributed by atoms with van der Waals surface area (Å²) >= 11 is 0. The number of nitrogens with one attached hydrogen (secondary N) is 1. The lowest BCUT2D eigenvalue weighted by molar-refractivity contribution is 0.0749. The monoisotopic (exact) mass is 355 g/mol. The highest BCUT2D eigenvalue weighted by molar-refractivity contribution is 5.93. The second-order valence-electron chi connectivity index (χ2n) is 6.21. The molecule has 1 aromatic carbocycles. The number of fused-ring (bicyclic) bond motifs is 1. The average molecular weight is 355 g/mol. The fourth-order valence-electron chi connectivity index (χ4n) is 2.93. The van der Waals surface area contributed by atoms with Crippen LogP contribution in [0.3, 0.4) is 0 Å². The van der Waals surface area contributed by atoms with Crippen LogP contribution in [0, 0.1) is 0 Å². The van der Waals surface area contributed by atoms with Crippen molar-refractivity contribution in [3.8, 4) is 11.5 Å². The van der Waals surface area contributed by atoms with Crippen LogP contribution in [0.4, 0.5) is 11.4 Å². The van der Waals surface area contributed by atoms with E-state index in [-0.39, 0.29) is 5.91 Å². The molecule has 1 aliphatic rings. The van der Waals surface area contributed by atoms with Gasteiger partial charge in [0.25, 0.3) is 5.91 Å². The van der Waals surface area contributed by atoms with Crippen molar-refractivity contribution in [3.63, 3.8) is 0 Å². The Kier molecular flexibility index (Phi) is 5.94. The molecular formula is C20H25N3O3. The van der Waals surface area contributed by atoms with E-state index in [0.717, 1.165) is 48.8 Å². The van der Waals surface area contributed by atoms with Crippen LogP contribution in [0.5, 0.6) is 11.5 Å². The number of amides is 1. The molecule has 6 nitrogen and oxygen atoms in total. The van der Waals surface area contributed by atoms with E-state index in [1.807, 2.05) is 29.2 Å². The first-order valence-corrected chi connectivity index (χ1v) is 9.13. The van der Waals surface area contributed by atoms with E-state index < -0.39 is 0 Å². The maximum absolute atomic E-state index is 12.7. The second kappa shape index (κ2) is 8.56. The van der Waals surface area contributed by atoms with E-state index in [1.54, 1.807) is 12.3 Å². The number of pyridine rings is 1. The standard InChI is InChI=1S/C20H25N3O3/c1-3-9-23(10-4-2)20(24)17-13-16(7-8-21-17)22-15-5-6-18-19(14-15)26-12-11-25-18/h5-8,13-14H,3-4,9-12H2,1-2H3,(H,21,22). The van der Waals surface area contributed by atoms with Gasteiger partial charge in [0.2, 0.25) is 0 Å². The molecule has 26 heavy (non-hydrogen) atoms. The first-order valence-electron chi connectivity index (χ1n) is 9.13. The molecule has 0 fully saturated rings. The summed E-state index contributed by atoms with van der Waals surface area (Å²) < 4.78 is 11.1. The molecule has 0 radical (unpaired) electrons. The molecule has 1 aliphatic heterocycles. The molecule has 0 saturated carbocycles. The van der Waals surface area contributed by atoms with Gasteiger partial charge in [-0.25, -0.2) is 0 Å². The van der Waals surface area contributed by atoms with Crippen LogP contribution in [0.2, 0.25) is 0 Å². The fraction of sp³-hybridized carbons (Fsp3) is 0.400. The van der Waals surface area contributed by atoms with Crippen molar-refractivity contribution in [2.45, 2.75) is 26.7 Å². The summed E-state index contributed by atoms with van der Waals surface area (Å²) in [5.74, 6) is 1.45. The number of nitrogens with zero attached hydrogens (tertiary/aromatic N) is 2. The van der Waals surface area contributed by atoms with Crippen molar-refractivity contribution in [1.82, 2.24) is 9.88 Å². The minimum absolute atomic E-state index is 0.0282. The molecule has 0 bridgehead atoms. The Labute approximate surface area is 154 Å². The molecule has 0 unspecified atom stereocenters. The third-order valence-corrected chi connectivity index (χ3v) is 4.08. The van der Waals surface area contributed by atoms with E-state index in [1.165, 1.54) is 0 Å². The van der Waals surface area contributed by atoms with Crippen molar-refractivity contribution in [3.05, 3.63) is 42.2 Å². The lowest BCUT2D eigenvalue weighted by Gasteiger charge is -2.21. The van der Waals surface area contributed by atoms with Gasteiger partial charge in [-0.2, -0.15) is 0 Å². The Morgan fingerprint density at radius 3 is 2.46 bits per heavy atom. The van der Waals surface area contributed by atoms with Crippen molar-refractivity contribution < 1.29 is 14.3 Å². The highest BCUT2D eigenvalue weighted by atomic mass is 16.6. The van der Waals surface area contributed by atoms with E-state index in [9.17, 15) is 4.79 Å². The maximum atomic E-state index is 12.7. The molecule has 1 N–H and O–H groups in total. The number of carbonyl (C=O) groups is 1. The second-order valence-corrected chi connectivity index (χ2v) is 6.21. The molecule has 1 amide bonds. The number of benzene rings is 1. The SMILES string of the molecule is CCCN(CCC)C(=O)c1cc(Nc2ccc3c(c2)OCCO3)ccn1. The van der Waals surface area contributed by atoms with Gasteiger partial charge < -0.3 is 19.7 Å².